The van der Waals surface area contributed by atoms with Crippen molar-refractivity contribution in [1.82, 2.24) is 4.98 Å². The highest BCUT2D eigenvalue weighted by Crippen LogP contribution is 2.31. The minimum atomic E-state index is -0.386. The molecule has 0 radical (unpaired) electrons. The fourth-order valence-corrected chi connectivity index (χ4v) is 2.09. The van der Waals surface area contributed by atoms with Gasteiger partial charge in [0.05, 0.1) is 11.4 Å². The van der Waals surface area contributed by atoms with E-state index in [1.165, 1.54) is 24.3 Å². The summed E-state index contributed by atoms with van der Waals surface area (Å²) in [6.45, 7) is 0. The Bertz CT molecular complexity index is 726. The minimum Gasteiger partial charge on any atom is -0.396 e. The fourth-order valence-electron chi connectivity index (χ4n) is 1.61. The molecule has 92 valence electrons. The highest BCUT2D eigenvalue weighted by Gasteiger charge is 2.17. The van der Waals surface area contributed by atoms with Gasteiger partial charge in [-0.3, -0.25) is 0 Å². The molecule has 6 heteroatoms. The zero-order valence-electron chi connectivity index (χ0n) is 9.48. The number of rotatable bonds is 1. The number of hydrogen-bond donors (Lipinski definition) is 1. The first-order chi connectivity index (χ1) is 9.08. The van der Waals surface area contributed by atoms with Crippen LogP contribution in [0.15, 0.2) is 28.9 Å². The molecular formula is C13H6BrFN4. The summed E-state index contributed by atoms with van der Waals surface area (Å²) in [5, 5.41) is 18.1. The number of nitriles is 2. The molecule has 0 aliphatic carbocycles. The molecule has 19 heavy (non-hydrogen) atoms. The van der Waals surface area contributed by atoms with Crippen molar-refractivity contribution in [3.63, 3.8) is 0 Å². The Morgan fingerprint density at radius 3 is 2.21 bits per heavy atom. The van der Waals surface area contributed by atoms with Gasteiger partial charge in [-0.2, -0.15) is 10.5 Å². The topological polar surface area (TPSA) is 86.5 Å². The molecule has 1 heterocycles. The molecule has 0 saturated carbocycles. The quantitative estimate of drug-likeness (QED) is 0.819. The number of hydrogen-bond acceptors (Lipinski definition) is 4. The summed E-state index contributed by atoms with van der Waals surface area (Å²) < 4.78 is 13.2. The molecule has 4 nitrogen and oxygen atoms in total. The summed E-state index contributed by atoms with van der Waals surface area (Å²) in [4.78, 5) is 4.14. The third-order valence-corrected chi connectivity index (χ3v) is 3.11. The maximum atomic E-state index is 12.9. The first kappa shape index (κ1) is 13.0. The van der Waals surface area contributed by atoms with Crippen LogP contribution in [0.2, 0.25) is 0 Å². The Morgan fingerprint density at radius 2 is 1.68 bits per heavy atom. The van der Waals surface area contributed by atoms with Gasteiger partial charge < -0.3 is 5.73 Å². The number of nitrogens with zero attached hydrogens (tertiary/aromatic N) is 3. The molecule has 0 fully saturated rings. The Labute approximate surface area is 117 Å². The molecule has 0 unspecified atom stereocenters. The van der Waals surface area contributed by atoms with E-state index in [2.05, 4.69) is 20.9 Å². The van der Waals surface area contributed by atoms with E-state index in [4.69, 9.17) is 16.3 Å². The Morgan fingerprint density at radius 1 is 1.11 bits per heavy atom. The van der Waals surface area contributed by atoms with Crippen LogP contribution in [0.4, 0.5) is 10.1 Å². The third kappa shape index (κ3) is 2.26. The van der Waals surface area contributed by atoms with Crippen LogP contribution in [0.3, 0.4) is 0 Å². The molecule has 1 aromatic heterocycles. The number of halogens is 2. The van der Waals surface area contributed by atoms with Crippen molar-refractivity contribution < 1.29 is 4.39 Å². The van der Waals surface area contributed by atoms with Gasteiger partial charge in [-0.15, -0.1) is 0 Å². The SMILES string of the molecule is N#Cc1c(Br)nc(-c2ccc(F)cc2)c(C#N)c1N. The van der Waals surface area contributed by atoms with Crippen molar-refractivity contribution >= 4 is 21.6 Å². The fraction of sp³-hybridized carbons (Fsp3) is 0. The molecule has 2 aromatic rings. The van der Waals surface area contributed by atoms with E-state index in [1.54, 1.807) is 0 Å². The zero-order valence-corrected chi connectivity index (χ0v) is 11.1. The summed E-state index contributed by atoms with van der Waals surface area (Å²) >= 11 is 3.14. The van der Waals surface area contributed by atoms with Gasteiger partial charge in [-0.05, 0) is 40.2 Å². The molecule has 1 aromatic carbocycles. The average Bonchev–Trinajstić information content (AvgIpc) is 2.39. The molecule has 0 bridgehead atoms. The lowest BCUT2D eigenvalue weighted by molar-refractivity contribution is 0.628. The van der Waals surface area contributed by atoms with Crippen LogP contribution in [0.25, 0.3) is 11.3 Å². The van der Waals surface area contributed by atoms with Gasteiger partial charge in [0.25, 0.3) is 0 Å². The van der Waals surface area contributed by atoms with Crippen molar-refractivity contribution in [3.05, 3.63) is 45.8 Å². The maximum Gasteiger partial charge on any atom is 0.126 e. The molecule has 0 atom stereocenters. The van der Waals surface area contributed by atoms with E-state index in [-0.39, 0.29) is 27.2 Å². The van der Waals surface area contributed by atoms with Crippen LogP contribution in [-0.4, -0.2) is 4.98 Å². The van der Waals surface area contributed by atoms with Gasteiger partial charge in [0.15, 0.2) is 0 Å². The summed E-state index contributed by atoms with van der Waals surface area (Å²) in [6, 6.07) is 9.33. The van der Waals surface area contributed by atoms with Crippen LogP contribution in [0.1, 0.15) is 11.1 Å². The van der Waals surface area contributed by atoms with Crippen LogP contribution >= 0.6 is 15.9 Å². The number of benzene rings is 1. The smallest absolute Gasteiger partial charge is 0.126 e. The molecule has 2 rings (SSSR count). The minimum absolute atomic E-state index is 0.0613. The first-order valence-electron chi connectivity index (χ1n) is 5.13. The summed E-state index contributed by atoms with van der Waals surface area (Å²) in [6.07, 6.45) is 0. The highest BCUT2D eigenvalue weighted by molar-refractivity contribution is 9.10. The van der Waals surface area contributed by atoms with Crippen molar-refractivity contribution in [1.29, 1.82) is 10.5 Å². The highest BCUT2D eigenvalue weighted by atomic mass is 79.9. The number of pyridine rings is 1. The second-order valence-electron chi connectivity index (χ2n) is 3.65. The Kier molecular flexibility index (Phi) is 3.46. The molecule has 0 spiro atoms. The molecule has 2 N–H and O–H groups in total. The monoisotopic (exact) mass is 316 g/mol. The standard InChI is InChI=1S/C13H6BrFN4/c14-13-10(6-17)11(18)9(5-16)12(19-13)7-1-3-8(15)4-2-7/h1-4H,(H2,18,19). The van der Waals surface area contributed by atoms with E-state index >= 15 is 0 Å². The molecular weight excluding hydrogens is 311 g/mol. The van der Waals surface area contributed by atoms with Crippen molar-refractivity contribution in [2.75, 3.05) is 5.73 Å². The second kappa shape index (κ2) is 5.05. The van der Waals surface area contributed by atoms with E-state index in [0.29, 0.717) is 11.3 Å². The van der Waals surface area contributed by atoms with Gasteiger partial charge in [-0.1, -0.05) is 0 Å². The molecule has 0 saturated heterocycles. The predicted octanol–water partition coefficient (Wildman–Crippen LogP) is 2.98. The van der Waals surface area contributed by atoms with Crippen molar-refractivity contribution in [3.8, 4) is 23.4 Å². The van der Waals surface area contributed by atoms with Crippen molar-refractivity contribution in [2.45, 2.75) is 0 Å². The average molecular weight is 317 g/mol. The van der Waals surface area contributed by atoms with E-state index in [0.717, 1.165) is 0 Å². The van der Waals surface area contributed by atoms with Gasteiger partial charge >= 0.3 is 0 Å². The van der Waals surface area contributed by atoms with Crippen molar-refractivity contribution in [2.24, 2.45) is 0 Å². The lowest BCUT2D eigenvalue weighted by atomic mass is 10.0. The second-order valence-corrected chi connectivity index (χ2v) is 4.40. The lowest BCUT2D eigenvalue weighted by Crippen LogP contribution is -2.02. The number of anilines is 1. The number of nitrogen functional groups attached to an aromatic ring is 1. The normalized spacial score (nSPS) is 9.68. The molecule has 0 aliphatic rings. The van der Waals surface area contributed by atoms with E-state index in [1.807, 2.05) is 12.1 Å². The number of aromatic nitrogens is 1. The maximum absolute atomic E-state index is 12.9. The summed E-state index contributed by atoms with van der Waals surface area (Å²) in [5.74, 6) is -0.386. The van der Waals surface area contributed by atoms with Gasteiger partial charge in [0.1, 0.15) is 33.7 Å². The van der Waals surface area contributed by atoms with Crippen LogP contribution in [0, 0.1) is 28.5 Å². The van der Waals surface area contributed by atoms with E-state index in [9.17, 15) is 4.39 Å². The molecule has 0 aliphatic heterocycles. The van der Waals surface area contributed by atoms with Crippen LogP contribution < -0.4 is 5.73 Å². The molecule has 0 amide bonds. The Hall–Kier alpha value is -2.44. The van der Waals surface area contributed by atoms with Crippen LogP contribution in [0.5, 0.6) is 0 Å². The first-order valence-corrected chi connectivity index (χ1v) is 5.93. The third-order valence-electron chi connectivity index (χ3n) is 2.53. The summed E-state index contributed by atoms with van der Waals surface area (Å²) in [5.41, 5.74) is 6.92. The largest absolute Gasteiger partial charge is 0.396 e. The zero-order chi connectivity index (χ0) is 14.0. The van der Waals surface area contributed by atoms with Gasteiger partial charge in [0, 0.05) is 5.56 Å². The predicted molar refractivity (Wildman–Crippen MR) is 71.2 cm³/mol. The lowest BCUT2D eigenvalue weighted by Gasteiger charge is -2.09. The Balaban J connectivity index is 2.75. The van der Waals surface area contributed by atoms with Gasteiger partial charge in [-0.25, -0.2) is 9.37 Å². The van der Waals surface area contributed by atoms with Crippen LogP contribution in [-0.2, 0) is 0 Å². The van der Waals surface area contributed by atoms with E-state index < -0.39 is 0 Å². The number of nitrogens with two attached hydrogens (primary N) is 1. The summed E-state index contributed by atoms with van der Waals surface area (Å²) in [7, 11) is 0. The van der Waals surface area contributed by atoms with Gasteiger partial charge in [0.2, 0.25) is 0 Å².